The number of aryl methyl sites for hydroxylation is 1. The van der Waals surface area contributed by atoms with E-state index in [2.05, 4.69) is 0 Å². The summed E-state index contributed by atoms with van der Waals surface area (Å²) >= 11 is 0. The van der Waals surface area contributed by atoms with Crippen LogP contribution in [0.15, 0.2) is 30.5 Å². The number of aromatic nitrogens is 1. The van der Waals surface area contributed by atoms with Gasteiger partial charge in [0.1, 0.15) is 5.60 Å². The van der Waals surface area contributed by atoms with Gasteiger partial charge in [-0.2, -0.15) is 0 Å². The molecule has 0 saturated heterocycles. The standard InChI is InChI=1S/C17H19NO4/c1-11-5-7-14-13(9-11)12(6-8-15(19)20)10-18(14)16(21)22-17(2,3)4/h5-10H,1-4H3,(H,19,20)/b8-6+. The number of fused-ring (bicyclic) bond motifs is 1. The highest BCUT2D eigenvalue weighted by molar-refractivity contribution is 5.98. The lowest BCUT2D eigenvalue weighted by atomic mass is 10.1. The first-order chi connectivity index (χ1) is 10.2. The number of hydrogen-bond acceptors (Lipinski definition) is 3. The second kappa shape index (κ2) is 5.67. The fourth-order valence-electron chi connectivity index (χ4n) is 2.13. The van der Waals surface area contributed by atoms with E-state index in [0.717, 1.165) is 17.0 Å². The van der Waals surface area contributed by atoms with Crippen LogP contribution >= 0.6 is 0 Å². The lowest BCUT2D eigenvalue weighted by molar-refractivity contribution is -0.131. The summed E-state index contributed by atoms with van der Waals surface area (Å²) in [5.41, 5.74) is 1.77. The van der Waals surface area contributed by atoms with Gasteiger partial charge < -0.3 is 9.84 Å². The zero-order valence-corrected chi connectivity index (χ0v) is 13.1. The van der Waals surface area contributed by atoms with Crippen LogP contribution in [0.3, 0.4) is 0 Å². The molecule has 0 bridgehead atoms. The molecule has 0 spiro atoms. The predicted octanol–water partition coefficient (Wildman–Crippen LogP) is 3.83. The van der Waals surface area contributed by atoms with Crippen molar-refractivity contribution in [3.63, 3.8) is 0 Å². The number of carboxylic acids is 1. The summed E-state index contributed by atoms with van der Waals surface area (Å²) in [4.78, 5) is 23.0. The maximum Gasteiger partial charge on any atom is 0.419 e. The van der Waals surface area contributed by atoms with Crippen LogP contribution in [0.5, 0.6) is 0 Å². The Kier molecular flexibility index (Phi) is 4.08. The molecule has 2 rings (SSSR count). The summed E-state index contributed by atoms with van der Waals surface area (Å²) in [6.07, 6.45) is 3.63. The molecule has 0 fully saturated rings. The fourth-order valence-corrected chi connectivity index (χ4v) is 2.13. The van der Waals surface area contributed by atoms with Crippen LogP contribution in [0.25, 0.3) is 17.0 Å². The van der Waals surface area contributed by atoms with Gasteiger partial charge in [0.2, 0.25) is 0 Å². The van der Waals surface area contributed by atoms with Crippen LogP contribution in [-0.2, 0) is 9.53 Å². The van der Waals surface area contributed by atoms with Crippen LogP contribution in [-0.4, -0.2) is 27.3 Å². The molecule has 5 heteroatoms. The normalized spacial score (nSPS) is 12.0. The molecule has 22 heavy (non-hydrogen) atoms. The van der Waals surface area contributed by atoms with Crippen LogP contribution in [0, 0.1) is 6.92 Å². The molecule has 1 heterocycles. The van der Waals surface area contributed by atoms with Crippen molar-refractivity contribution in [3.05, 3.63) is 41.6 Å². The molecule has 0 aliphatic rings. The molecule has 0 unspecified atom stereocenters. The number of hydrogen-bond donors (Lipinski definition) is 1. The largest absolute Gasteiger partial charge is 0.478 e. The van der Waals surface area contributed by atoms with E-state index in [1.807, 2.05) is 25.1 Å². The van der Waals surface area contributed by atoms with Crippen LogP contribution in [0.1, 0.15) is 31.9 Å². The Balaban J connectivity index is 2.56. The molecular weight excluding hydrogens is 282 g/mol. The molecule has 0 radical (unpaired) electrons. The van der Waals surface area contributed by atoms with E-state index in [1.165, 1.54) is 10.6 Å². The van der Waals surface area contributed by atoms with Crippen LogP contribution < -0.4 is 0 Å². The highest BCUT2D eigenvalue weighted by Crippen LogP contribution is 2.25. The Morgan fingerprint density at radius 3 is 2.55 bits per heavy atom. The van der Waals surface area contributed by atoms with E-state index in [4.69, 9.17) is 9.84 Å². The van der Waals surface area contributed by atoms with Gasteiger partial charge in [-0.15, -0.1) is 0 Å². The lowest BCUT2D eigenvalue weighted by Crippen LogP contribution is -2.26. The summed E-state index contributed by atoms with van der Waals surface area (Å²) < 4.78 is 6.79. The third-order valence-corrected chi connectivity index (χ3v) is 2.99. The minimum absolute atomic E-state index is 0.490. The molecule has 0 saturated carbocycles. The zero-order valence-electron chi connectivity index (χ0n) is 13.1. The van der Waals surface area contributed by atoms with Gasteiger partial charge in [0.25, 0.3) is 0 Å². The van der Waals surface area contributed by atoms with Crippen LogP contribution in [0.4, 0.5) is 4.79 Å². The van der Waals surface area contributed by atoms with E-state index in [9.17, 15) is 9.59 Å². The molecule has 0 amide bonds. The SMILES string of the molecule is Cc1ccc2c(c1)c(/C=C/C(=O)O)cn2C(=O)OC(C)(C)C. The third kappa shape index (κ3) is 3.55. The smallest absolute Gasteiger partial charge is 0.419 e. The highest BCUT2D eigenvalue weighted by atomic mass is 16.6. The van der Waals surface area contributed by atoms with E-state index < -0.39 is 17.7 Å². The average Bonchev–Trinajstić information content (AvgIpc) is 2.72. The minimum atomic E-state index is -1.04. The second-order valence-electron chi connectivity index (χ2n) is 6.13. The van der Waals surface area contributed by atoms with Gasteiger partial charge in [0.05, 0.1) is 5.52 Å². The maximum atomic E-state index is 12.3. The van der Waals surface area contributed by atoms with Gasteiger partial charge in [-0.25, -0.2) is 9.59 Å². The molecule has 2 aromatic rings. The summed E-state index contributed by atoms with van der Waals surface area (Å²) in [6, 6.07) is 5.64. The number of nitrogens with zero attached hydrogens (tertiary/aromatic N) is 1. The summed E-state index contributed by atoms with van der Waals surface area (Å²) in [7, 11) is 0. The Hall–Kier alpha value is -2.56. The molecule has 1 aromatic heterocycles. The van der Waals surface area contributed by atoms with Gasteiger partial charge in [0.15, 0.2) is 0 Å². The summed E-state index contributed by atoms with van der Waals surface area (Å²) in [5.74, 6) is -1.04. The van der Waals surface area contributed by atoms with Crippen molar-refractivity contribution >= 4 is 29.0 Å². The van der Waals surface area contributed by atoms with Gasteiger partial charge in [-0.3, -0.25) is 4.57 Å². The first-order valence-corrected chi connectivity index (χ1v) is 6.93. The Bertz CT molecular complexity index is 763. The molecule has 0 aliphatic heterocycles. The molecular formula is C17H19NO4. The van der Waals surface area contributed by atoms with Crippen molar-refractivity contribution in [2.24, 2.45) is 0 Å². The topological polar surface area (TPSA) is 68.5 Å². The Labute approximate surface area is 128 Å². The van der Waals surface area contributed by atoms with E-state index >= 15 is 0 Å². The zero-order chi connectivity index (χ0) is 16.5. The van der Waals surface area contributed by atoms with Gasteiger partial charge >= 0.3 is 12.1 Å². The first-order valence-electron chi connectivity index (χ1n) is 6.93. The Morgan fingerprint density at radius 2 is 1.95 bits per heavy atom. The highest BCUT2D eigenvalue weighted by Gasteiger charge is 2.20. The van der Waals surface area contributed by atoms with Crippen molar-refractivity contribution in [1.82, 2.24) is 4.57 Å². The van der Waals surface area contributed by atoms with Gasteiger partial charge in [0, 0.05) is 23.2 Å². The van der Waals surface area contributed by atoms with Crippen LogP contribution in [0.2, 0.25) is 0 Å². The number of carboxylic acid groups (broad SMARTS) is 1. The first kappa shape index (κ1) is 15.8. The molecule has 1 N–H and O–H groups in total. The van der Waals surface area contributed by atoms with Crippen molar-refractivity contribution in [2.75, 3.05) is 0 Å². The third-order valence-electron chi connectivity index (χ3n) is 2.99. The van der Waals surface area contributed by atoms with Crippen molar-refractivity contribution in [1.29, 1.82) is 0 Å². The van der Waals surface area contributed by atoms with Gasteiger partial charge in [-0.1, -0.05) is 11.6 Å². The minimum Gasteiger partial charge on any atom is -0.478 e. The average molecular weight is 301 g/mol. The molecule has 0 aliphatic carbocycles. The monoisotopic (exact) mass is 301 g/mol. The fraction of sp³-hybridized carbons (Fsp3) is 0.294. The molecule has 5 nitrogen and oxygen atoms in total. The predicted molar refractivity (Wildman–Crippen MR) is 85.0 cm³/mol. The molecule has 0 atom stereocenters. The number of carbonyl (C=O) groups excluding carboxylic acids is 1. The number of aliphatic carboxylic acids is 1. The van der Waals surface area contributed by atoms with E-state index in [1.54, 1.807) is 27.0 Å². The van der Waals surface area contributed by atoms with Crippen molar-refractivity contribution in [3.8, 4) is 0 Å². The lowest BCUT2D eigenvalue weighted by Gasteiger charge is -2.19. The molecule has 116 valence electrons. The quantitative estimate of drug-likeness (QED) is 0.856. The Morgan fingerprint density at radius 1 is 1.27 bits per heavy atom. The summed E-state index contributed by atoms with van der Waals surface area (Å²) in [6.45, 7) is 7.33. The number of rotatable bonds is 2. The van der Waals surface area contributed by atoms with Crippen molar-refractivity contribution < 1.29 is 19.4 Å². The number of carbonyl (C=O) groups is 2. The molecule has 1 aromatic carbocycles. The summed E-state index contributed by atoms with van der Waals surface area (Å²) in [5, 5.41) is 9.59. The van der Waals surface area contributed by atoms with E-state index in [0.29, 0.717) is 11.1 Å². The number of ether oxygens (including phenoxy) is 1. The second-order valence-corrected chi connectivity index (χ2v) is 6.13. The van der Waals surface area contributed by atoms with Crippen molar-refractivity contribution in [2.45, 2.75) is 33.3 Å². The maximum absolute atomic E-state index is 12.3. The van der Waals surface area contributed by atoms with Gasteiger partial charge in [-0.05, 0) is 45.9 Å². The number of benzene rings is 1. The van der Waals surface area contributed by atoms with E-state index in [-0.39, 0.29) is 0 Å².